The molecule has 1 aromatic heterocycles. The fourth-order valence-electron chi connectivity index (χ4n) is 0.765. The van der Waals surface area contributed by atoms with Gasteiger partial charge in [0, 0.05) is 6.92 Å². The van der Waals surface area contributed by atoms with Gasteiger partial charge in [-0.15, -0.1) is 5.10 Å². The summed E-state index contributed by atoms with van der Waals surface area (Å²) in [6, 6.07) is 0. The minimum Gasteiger partial charge on any atom is -0.298 e. The number of ketones is 2. The number of hydrogen-bond acceptors (Lipinski definition) is 4. The lowest BCUT2D eigenvalue weighted by atomic mass is 10.3. The first-order chi connectivity index (χ1) is 5.59. The quantitative estimate of drug-likeness (QED) is 0.597. The molecule has 1 aromatic rings. The molecule has 0 bridgehead atoms. The van der Waals surface area contributed by atoms with E-state index in [4.69, 9.17) is 0 Å². The van der Waals surface area contributed by atoms with Crippen LogP contribution in [0.4, 0.5) is 0 Å². The Bertz CT molecular complexity index is 316. The third-order valence-electron chi connectivity index (χ3n) is 1.28. The predicted octanol–water partition coefficient (Wildman–Crippen LogP) is 0.0697. The molecule has 0 saturated carbocycles. The second-order valence-electron chi connectivity index (χ2n) is 2.56. The molecule has 64 valence electrons. The van der Waals surface area contributed by atoms with Gasteiger partial charge < -0.3 is 0 Å². The van der Waals surface area contributed by atoms with Gasteiger partial charge >= 0.3 is 0 Å². The molecule has 5 nitrogen and oxygen atoms in total. The molecule has 0 spiro atoms. The van der Waals surface area contributed by atoms with Gasteiger partial charge in [0.1, 0.15) is 12.2 Å². The molecule has 5 heteroatoms. The van der Waals surface area contributed by atoms with Crippen LogP contribution in [0, 0.1) is 0 Å². The van der Waals surface area contributed by atoms with Crippen LogP contribution in [0.25, 0.3) is 0 Å². The van der Waals surface area contributed by atoms with Crippen molar-refractivity contribution in [3.05, 3.63) is 11.9 Å². The lowest BCUT2D eigenvalue weighted by molar-refractivity contribution is -0.117. The van der Waals surface area contributed by atoms with Crippen molar-refractivity contribution in [2.24, 2.45) is 0 Å². The topological polar surface area (TPSA) is 64.8 Å². The molecule has 0 amide bonds. The van der Waals surface area contributed by atoms with Gasteiger partial charge in [-0.1, -0.05) is 5.21 Å². The summed E-state index contributed by atoms with van der Waals surface area (Å²) in [6.07, 6.45) is 1.46. The van der Waals surface area contributed by atoms with Crippen molar-refractivity contribution in [1.82, 2.24) is 15.0 Å². The maximum Gasteiger partial charge on any atom is 0.181 e. The first kappa shape index (κ1) is 8.58. The van der Waals surface area contributed by atoms with Crippen LogP contribution in [-0.4, -0.2) is 26.6 Å². The standard InChI is InChI=1S/C7H9N3O2/c1-5(11)3-10-4-7(6(2)12)8-9-10/h4H,3H2,1-2H3. The molecule has 0 saturated heterocycles. The molecule has 12 heavy (non-hydrogen) atoms. The minimum atomic E-state index is -0.148. The van der Waals surface area contributed by atoms with Crippen LogP contribution in [0.3, 0.4) is 0 Å². The summed E-state index contributed by atoms with van der Waals surface area (Å²) in [6.45, 7) is 3.03. The number of aromatic nitrogens is 3. The zero-order valence-electron chi connectivity index (χ0n) is 6.94. The lowest BCUT2D eigenvalue weighted by Gasteiger charge is -1.91. The summed E-state index contributed by atoms with van der Waals surface area (Å²) >= 11 is 0. The third kappa shape index (κ3) is 1.98. The highest BCUT2D eigenvalue weighted by atomic mass is 16.1. The van der Waals surface area contributed by atoms with Crippen molar-refractivity contribution >= 4 is 11.6 Å². The summed E-state index contributed by atoms with van der Waals surface area (Å²) in [4.78, 5) is 21.4. The van der Waals surface area contributed by atoms with Crippen molar-refractivity contribution in [2.75, 3.05) is 0 Å². The van der Waals surface area contributed by atoms with Crippen molar-refractivity contribution < 1.29 is 9.59 Å². The van der Waals surface area contributed by atoms with Crippen LogP contribution in [0.1, 0.15) is 24.3 Å². The fourth-order valence-corrected chi connectivity index (χ4v) is 0.765. The fraction of sp³-hybridized carbons (Fsp3) is 0.429. The highest BCUT2D eigenvalue weighted by Crippen LogP contribution is 1.93. The first-order valence-electron chi connectivity index (χ1n) is 3.50. The van der Waals surface area contributed by atoms with Gasteiger partial charge in [-0.25, -0.2) is 4.68 Å². The van der Waals surface area contributed by atoms with E-state index in [0.717, 1.165) is 0 Å². The summed E-state index contributed by atoms with van der Waals surface area (Å²) in [5, 5.41) is 7.18. The molecule has 1 rings (SSSR count). The van der Waals surface area contributed by atoms with E-state index in [0.29, 0.717) is 0 Å². The van der Waals surface area contributed by atoms with Gasteiger partial charge in [-0.05, 0) is 6.92 Å². The summed E-state index contributed by atoms with van der Waals surface area (Å²) in [5.74, 6) is -0.167. The van der Waals surface area contributed by atoms with Crippen LogP contribution in [0.15, 0.2) is 6.20 Å². The summed E-state index contributed by atoms with van der Waals surface area (Å²) < 4.78 is 1.35. The number of nitrogens with zero attached hydrogens (tertiary/aromatic N) is 3. The van der Waals surface area contributed by atoms with E-state index in [2.05, 4.69) is 10.3 Å². The van der Waals surface area contributed by atoms with Gasteiger partial charge in [0.2, 0.25) is 0 Å². The van der Waals surface area contributed by atoms with Gasteiger partial charge in [0.25, 0.3) is 0 Å². The Labute approximate surface area is 69.4 Å². The monoisotopic (exact) mass is 167 g/mol. The second kappa shape index (κ2) is 3.25. The maximum absolute atomic E-state index is 10.7. The van der Waals surface area contributed by atoms with Crippen molar-refractivity contribution in [3.8, 4) is 0 Å². The van der Waals surface area contributed by atoms with E-state index < -0.39 is 0 Å². The molecule has 1 heterocycles. The second-order valence-corrected chi connectivity index (χ2v) is 2.56. The lowest BCUT2D eigenvalue weighted by Crippen LogP contribution is -2.06. The zero-order chi connectivity index (χ0) is 9.14. The Kier molecular flexibility index (Phi) is 2.32. The predicted molar refractivity (Wildman–Crippen MR) is 40.7 cm³/mol. The SMILES string of the molecule is CC(=O)Cn1cc(C(C)=O)nn1. The van der Waals surface area contributed by atoms with E-state index in [-0.39, 0.29) is 23.8 Å². The van der Waals surface area contributed by atoms with Crippen LogP contribution in [0.5, 0.6) is 0 Å². The Hall–Kier alpha value is -1.52. The number of rotatable bonds is 3. The molecule has 0 unspecified atom stereocenters. The zero-order valence-corrected chi connectivity index (χ0v) is 6.94. The first-order valence-corrected chi connectivity index (χ1v) is 3.50. The average Bonchev–Trinajstić information content (AvgIpc) is 2.34. The molecule has 0 aliphatic rings. The van der Waals surface area contributed by atoms with Crippen molar-refractivity contribution in [2.45, 2.75) is 20.4 Å². The van der Waals surface area contributed by atoms with E-state index in [1.165, 1.54) is 24.7 Å². The molecule has 0 aliphatic heterocycles. The summed E-state index contributed by atoms with van der Waals surface area (Å²) in [5.41, 5.74) is 0.288. The van der Waals surface area contributed by atoms with E-state index >= 15 is 0 Å². The number of carbonyl (C=O) groups is 2. The number of carbonyl (C=O) groups excluding carboxylic acids is 2. The maximum atomic E-state index is 10.7. The Morgan fingerprint density at radius 2 is 2.17 bits per heavy atom. The van der Waals surface area contributed by atoms with Crippen LogP contribution < -0.4 is 0 Å². The Morgan fingerprint density at radius 3 is 2.58 bits per heavy atom. The Balaban J connectivity index is 2.77. The van der Waals surface area contributed by atoms with Crippen LogP contribution in [0.2, 0.25) is 0 Å². The van der Waals surface area contributed by atoms with Gasteiger partial charge in [0.15, 0.2) is 11.6 Å². The molecule has 0 atom stereocenters. The van der Waals surface area contributed by atoms with Crippen LogP contribution >= 0.6 is 0 Å². The number of Topliss-reactive ketones (excluding diaryl/α,β-unsaturated/α-hetero) is 2. The summed E-state index contributed by atoms with van der Waals surface area (Å²) in [7, 11) is 0. The van der Waals surface area contributed by atoms with E-state index in [1.807, 2.05) is 0 Å². The number of hydrogen-bond donors (Lipinski definition) is 0. The van der Waals surface area contributed by atoms with Gasteiger partial charge in [0.05, 0.1) is 6.20 Å². The highest BCUT2D eigenvalue weighted by molar-refractivity contribution is 5.91. The van der Waals surface area contributed by atoms with Gasteiger partial charge in [-0.2, -0.15) is 0 Å². The molecule has 0 aromatic carbocycles. The molecule has 0 aliphatic carbocycles. The smallest absolute Gasteiger partial charge is 0.181 e. The van der Waals surface area contributed by atoms with Crippen molar-refractivity contribution in [3.63, 3.8) is 0 Å². The normalized spacial score (nSPS) is 9.83. The van der Waals surface area contributed by atoms with E-state index in [9.17, 15) is 9.59 Å². The molecule has 0 radical (unpaired) electrons. The largest absolute Gasteiger partial charge is 0.298 e. The van der Waals surface area contributed by atoms with E-state index in [1.54, 1.807) is 0 Å². The molecular weight excluding hydrogens is 158 g/mol. The van der Waals surface area contributed by atoms with Crippen molar-refractivity contribution in [1.29, 1.82) is 0 Å². The third-order valence-corrected chi connectivity index (χ3v) is 1.28. The highest BCUT2D eigenvalue weighted by Gasteiger charge is 2.05. The van der Waals surface area contributed by atoms with Gasteiger partial charge in [-0.3, -0.25) is 9.59 Å². The minimum absolute atomic E-state index is 0.0185. The molecule has 0 N–H and O–H groups in total. The average molecular weight is 167 g/mol. The Morgan fingerprint density at radius 1 is 1.50 bits per heavy atom. The molecule has 0 fully saturated rings. The molecular formula is C7H9N3O2. The van der Waals surface area contributed by atoms with Crippen LogP contribution in [-0.2, 0) is 11.3 Å².